The first-order valence-corrected chi connectivity index (χ1v) is 4.57. The van der Waals surface area contributed by atoms with Gasteiger partial charge in [-0.2, -0.15) is 5.10 Å². The standard InChI is InChI=1S/C9H8ClN3O2/c1-15-7-4-5(10)2-3-6(7)8-11-9(14)13-12-8/h2-4H,1H3,(H2,11,12,13,14). The second kappa shape index (κ2) is 3.78. The third-order valence-corrected chi connectivity index (χ3v) is 2.15. The molecule has 6 heteroatoms. The van der Waals surface area contributed by atoms with Gasteiger partial charge in [-0.05, 0) is 18.2 Å². The normalized spacial score (nSPS) is 10.3. The molecule has 0 aliphatic rings. The van der Waals surface area contributed by atoms with Gasteiger partial charge in [0.05, 0.1) is 12.7 Å². The fraction of sp³-hybridized carbons (Fsp3) is 0.111. The molecule has 2 rings (SSSR count). The van der Waals surface area contributed by atoms with Gasteiger partial charge >= 0.3 is 5.69 Å². The molecule has 0 bridgehead atoms. The van der Waals surface area contributed by atoms with E-state index in [2.05, 4.69) is 15.2 Å². The second-order valence-electron chi connectivity index (χ2n) is 2.87. The zero-order valence-electron chi connectivity index (χ0n) is 7.87. The number of nitrogens with zero attached hydrogens (tertiary/aromatic N) is 1. The van der Waals surface area contributed by atoms with Gasteiger partial charge in [-0.1, -0.05) is 11.6 Å². The van der Waals surface area contributed by atoms with Crippen LogP contribution in [0.25, 0.3) is 11.4 Å². The van der Waals surface area contributed by atoms with E-state index in [1.54, 1.807) is 18.2 Å². The van der Waals surface area contributed by atoms with Crippen LogP contribution >= 0.6 is 11.6 Å². The van der Waals surface area contributed by atoms with Crippen molar-refractivity contribution < 1.29 is 4.74 Å². The Kier molecular flexibility index (Phi) is 2.47. The molecular formula is C9H8ClN3O2. The van der Waals surface area contributed by atoms with E-state index in [9.17, 15) is 4.79 Å². The maximum atomic E-state index is 10.9. The summed E-state index contributed by atoms with van der Waals surface area (Å²) in [5.41, 5.74) is 0.322. The Morgan fingerprint density at radius 2 is 2.27 bits per heavy atom. The molecule has 0 amide bonds. The Morgan fingerprint density at radius 1 is 1.47 bits per heavy atom. The molecule has 0 spiro atoms. The third-order valence-electron chi connectivity index (χ3n) is 1.92. The molecule has 0 aliphatic carbocycles. The number of halogens is 1. The highest BCUT2D eigenvalue weighted by Gasteiger charge is 2.09. The molecule has 0 unspecified atom stereocenters. The first-order chi connectivity index (χ1) is 7.20. The van der Waals surface area contributed by atoms with E-state index in [-0.39, 0.29) is 5.69 Å². The molecular weight excluding hydrogens is 218 g/mol. The second-order valence-corrected chi connectivity index (χ2v) is 3.31. The molecule has 2 N–H and O–H groups in total. The minimum absolute atomic E-state index is 0.359. The fourth-order valence-electron chi connectivity index (χ4n) is 1.26. The quantitative estimate of drug-likeness (QED) is 0.812. The van der Waals surface area contributed by atoms with Gasteiger partial charge in [0.1, 0.15) is 5.75 Å². The van der Waals surface area contributed by atoms with E-state index in [0.717, 1.165) is 0 Å². The molecule has 1 aromatic heterocycles. The Balaban J connectivity index is 2.57. The van der Waals surface area contributed by atoms with Crippen LogP contribution in [0.3, 0.4) is 0 Å². The Morgan fingerprint density at radius 3 is 2.87 bits per heavy atom. The summed E-state index contributed by atoms with van der Waals surface area (Å²) in [4.78, 5) is 13.4. The van der Waals surface area contributed by atoms with E-state index in [1.165, 1.54) is 7.11 Å². The number of hydrogen-bond donors (Lipinski definition) is 2. The minimum Gasteiger partial charge on any atom is -0.496 e. The van der Waals surface area contributed by atoms with Gasteiger partial charge in [-0.15, -0.1) is 0 Å². The molecule has 0 atom stereocenters. The molecule has 15 heavy (non-hydrogen) atoms. The monoisotopic (exact) mass is 225 g/mol. The van der Waals surface area contributed by atoms with Crippen LogP contribution < -0.4 is 10.4 Å². The van der Waals surface area contributed by atoms with Crippen molar-refractivity contribution in [3.63, 3.8) is 0 Å². The van der Waals surface area contributed by atoms with E-state index in [0.29, 0.717) is 22.2 Å². The average Bonchev–Trinajstić information content (AvgIpc) is 2.64. The molecule has 0 saturated carbocycles. The van der Waals surface area contributed by atoms with Gasteiger partial charge in [0, 0.05) is 5.02 Å². The van der Waals surface area contributed by atoms with Gasteiger partial charge in [0.2, 0.25) is 0 Å². The summed E-state index contributed by atoms with van der Waals surface area (Å²) in [6.07, 6.45) is 0. The van der Waals surface area contributed by atoms with Crippen molar-refractivity contribution >= 4 is 11.6 Å². The Labute approximate surface area is 90.0 Å². The van der Waals surface area contributed by atoms with Crippen molar-refractivity contribution in [3.8, 4) is 17.1 Å². The largest absolute Gasteiger partial charge is 0.496 e. The summed E-state index contributed by atoms with van der Waals surface area (Å²) in [6.45, 7) is 0. The van der Waals surface area contributed by atoms with Crippen molar-refractivity contribution in [2.24, 2.45) is 0 Å². The maximum absolute atomic E-state index is 10.9. The summed E-state index contributed by atoms with van der Waals surface area (Å²) in [6, 6.07) is 5.09. The average molecular weight is 226 g/mol. The molecule has 2 aromatic rings. The molecule has 5 nitrogen and oxygen atoms in total. The summed E-state index contributed by atoms with van der Waals surface area (Å²) in [5.74, 6) is 0.985. The van der Waals surface area contributed by atoms with Crippen LogP contribution in [0.15, 0.2) is 23.0 Å². The fourth-order valence-corrected chi connectivity index (χ4v) is 1.42. The first kappa shape index (κ1) is 9.79. The van der Waals surface area contributed by atoms with Crippen LogP contribution in [0, 0.1) is 0 Å². The Hall–Kier alpha value is -1.75. The molecule has 78 valence electrons. The number of ether oxygens (including phenoxy) is 1. The van der Waals surface area contributed by atoms with Crippen LogP contribution in [0.4, 0.5) is 0 Å². The summed E-state index contributed by atoms with van der Waals surface area (Å²) < 4.78 is 5.13. The number of H-pyrrole nitrogens is 2. The van der Waals surface area contributed by atoms with E-state index in [4.69, 9.17) is 16.3 Å². The topological polar surface area (TPSA) is 70.8 Å². The Bertz CT molecular complexity index is 532. The number of aromatic amines is 2. The highest BCUT2D eigenvalue weighted by Crippen LogP contribution is 2.29. The lowest BCUT2D eigenvalue weighted by Crippen LogP contribution is -2.00. The van der Waals surface area contributed by atoms with Gasteiger partial charge in [-0.25, -0.2) is 9.89 Å². The molecule has 0 radical (unpaired) electrons. The molecule has 0 aliphatic heterocycles. The first-order valence-electron chi connectivity index (χ1n) is 4.19. The highest BCUT2D eigenvalue weighted by molar-refractivity contribution is 6.30. The van der Waals surface area contributed by atoms with Crippen molar-refractivity contribution in [2.75, 3.05) is 7.11 Å². The summed E-state index contributed by atoms with van der Waals surface area (Å²) in [7, 11) is 1.53. The van der Waals surface area contributed by atoms with Crippen LogP contribution in [0.1, 0.15) is 0 Å². The lowest BCUT2D eigenvalue weighted by molar-refractivity contribution is 0.416. The van der Waals surface area contributed by atoms with Gasteiger partial charge in [0.25, 0.3) is 0 Å². The predicted molar refractivity (Wildman–Crippen MR) is 56.2 cm³/mol. The minimum atomic E-state index is -0.359. The van der Waals surface area contributed by atoms with Crippen LogP contribution in [0.5, 0.6) is 5.75 Å². The maximum Gasteiger partial charge on any atom is 0.340 e. The van der Waals surface area contributed by atoms with Crippen LogP contribution in [-0.2, 0) is 0 Å². The number of benzene rings is 1. The number of aromatic nitrogens is 3. The van der Waals surface area contributed by atoms with E-state index < -0.39 is 0 Å². The van der Waals surface area contributed by atoms with Crippen LogP contribution in [-0.4, -0.2) is 22.3 Å². The van der Waals surface area contributed by atoms with Crippen molar-refractivity contribution in [2.45, 2.75) is 0 Å². The summed E-state index contributed by atoms with van der Waals surface area (Å²) >= 11 is 5.81. The number of rotatable bonds is 2. The van der Waals surface area contributed by atoms with Gasteiger partial charge in [-0.3, -0.25) is 4.98 Å². The summed E-state index contributed by atoms with van der Waals surface area (Å²) in [5, 5.41) is 6.65. The smallest absolute Gasteiger partial charge is 0.340 e. The predicted octanol–water partition coefficient (Wildman–Crippen LogP) is 1.43. The van der Waals surface area contributed by atoms with Crippen molar-refractivity contribution in [1.29, 1.82) is 0 Å². The van der Waals surface area contributed by atoms with Crippen molar-refractivity contribution in [3.05, 3.63) is 33.7 Å². The SMILES string of the molecule is COc1cc(Cl)ccc1-c1n[nH]c(=O)[nH]1. The molecule has 1 aromatic carbocycles. The molecule has 0 saturated heterocycles. The lowest BCUT2D eigenvalue weighted by Gasteiger charge is -2.05. The molecule has 0 fully saturated rings. The van der Waals surface area contributed by atoms with E-state index >= 15 is 0 Å². The zero-order valence-corrected chi connectivity index (χ0v) is 8.63. The van der Waals surface area contributed by atoms with Crippen molar-refractivity contribution in [1.82, 2.24) is 15.2 Å². The highest BCUT2D eigenvalue weighted by atomic mass is 35.5. The van der Waals surface area contributed by atoms with Gasteiger partial charge in [0.15, 0.2) is 5.82 Å². The number of hydrogen-bond acceptors (Lipinski definition) is 3. The zero-order chi connectivity index (χ0) is 10.8. The molecule has 1 heterocycles. The van der Waals surface area contributed by atoms with Gasteiger partial charge < -0.3 is 4.74 Å². The number of nitrogens with one attached hydrogen (secondary N) is 2. The van der Waals surface area contributed by atoms with Crippen LogP contribution in [0.2, 0.25) is 5.02 Å². The number of methoxy groups -OCH3 is 1. The third kappa shape index (κ3) is 1.87. The van der Waals surface area contributed by atoms with E-state index in [1.807, 2.05) is 0 Å². The lowest BCUT2D eigenvalue weighted by atomic mass is 10.2.